The molecule has 4 N–H and O–H groups in total. The van der Waals surface area contributed by atoms with Crippen LogP contribution in [0.25, 0.3) is 0 Å². The van der Waals surface area contributed by atoms with Crippen LogP contribution in [0.2, 0.25) is 10.0 Å². The highest BCUT2D eigenvalue weighted by Gasteiger charge is 2.49. The maximum absolute atomic E-state index is 14.4. The Morgan fingerprint density at radius 3 is 1.43 bits per heavy atom. The molecule has 0 radical (unpaired) electrons. The predicted molar refractivity (Wildman–Crippen MR) is 223 cm³/mol. The van der Waals surface area contributed by atoms with E-state index >= 15 is 0 Å². The summed E-state index contributed by atoms with van der Waals surface area (Å²) in [5.74, 6) is -2.26. The molecule has 3 heterocycles. The minimum absolute atomic E-state index is 0.0196. The molecule has 6 aromatic rings. The second kappa shape index (κ2) is 21.5. The number of pyridine rings is 2. The van der Waals surface area contributed by atoms with Gasteiger partial charge in [-0.2, -0.15) is 52.7 Å². The molecule has 4 atom stereocenters. The lowest BCUT2D eigenvalue weighted by Gasteiger charge is -2.37. The van der Waals surface area contributed by atoms with Crippen LogP contribution in [0.4, 0.5) is 61.5 Å². The summed E-state index contributed by atoms with van der Waals surface area (Å²) in [7, 11) is 0. The van der Waals surface area contributed by atoms with Gasteiger partial charge in [-0.15, -0.1) is 0 Å². The summed E-state index contributed by atoms with van der Waals surface area (Å²) in [4.78, 5) is 8.31. The van der Waals surface area contributed by atoms with Gasteiger partial charge in [0.25, 0.3) is 0 Å². The number of nitrogens with two attached hydrogens (primary N) is 1. The van der Waals surface area contributed by atoms with Crippen LogP contribution < -0.4 is 11.1 Å². The lowest BCUT2D eigenvalue weighted by atomic mass is 9.79. The van der Waals surface area contributed by atoms with Gasteiger partial charge in [0, 0.05) is 31.8 Å². The number of aromatic nitrogens is 2. The fourth-order valence-corrected chi connectivity index (χ4v) is 6.88. The average molecular weight is 1010 g/mol. The van der Waals surface area contributed by atoms with Crippen molar-refractivity contribution < 1.29 is 71.3 Å². The fourth-order valence-electron chi connectivity index (χ4n) is 6.66. The Balaban J connectivity index is 0.000000226. The van der Waals surface area contributed by atoms with Crippen molar-refractivity contribution in [2.75, 3.05) is 13.2 Å². The number of epoxide rings is 1. The van der Waals surface area contributed by atoms with Crippen molar-refractivity contribution in [1.29, 1.82) is 0 Å². The number of halogens is 16. The Bertz CT molecular complexity index is 2560. The van der Waals surface area contributed by atoms with Gasteiger partial charge in [0.1, 0.15) is 11.6 Å². The van der Waals surface area contributed by atoms with E-state index < -0.39 is 77.3 Å². The maximum atomic E-state index is 14.4. The minimum Gasteiger partial charge on any atom is -0.382 e. The van der Waals surface area contributed by atoms with E-state index in [-0.39, 0.29) is 53.1 Å². The molecule has 6 nitrogen and oxygen atoms in total. The molecule has 1 saturated heterocycles. The summed E-state index contributed by atoms with van der Waals surface area (Å²) in [5, 5.41) is 12.7. The van der Waals surface area contributed by atoms with E-state index in [0.717, 1.165) is 23.8 Å². The van der Waals surface area contributed by atoms with E-state index in [4.69, 9.17) is 28.9 Å². The largest absolute Gasteiger partial charge is 0.416 e. The lowest BCUT2D eigenvalue weighted by molar-refractivity contribution is -0.202. The molecule has 0 bridgehead atoms. The van der Waals surface area contributed by atoms with Crippen molar-refractivity contribution in [2.24, 2.45) is 5.73 Å². The van der Waals surface area contributed by atoms with Crippen molar-refractivity contribution >= 4 is 23.2 Å². The Labute approximate surface area is 388 Å². The molecule has 1 aliphatic rings. The Kier molecular flexibility index (Phi) is 16.9. The van der Waals surface area contributed by atoms with E-state index in [2.05, 4.69) is 20.0 Å². The van der Waals surface area contributed by atoms with Gasteiger partial charge in [0.05, 0.1) is 50.2 Å². The Morgan fingerprint density at radius 1 is 0.603 bits per heavy atom. The van der Waals surface area contributed by atoms with E-state index in [0.29, 0.717) is 22.7 Å². The van der Waals surface area contributed by atoms with Crippen molar-refractivity contribution in [2.45, 2.75) is 60.8 Å². The highest BCUT2D eigenvalue weighted by Crippen LogP contribution is 2.39. The number of hydrogen-bond acceptors (Lipinski definition) is 6. The van der Waals surface area contributed by atoms with Crippen molar-refractivity contribution in [1.82, 2.24) is 15.3 Å². The molecular formula is C46H36Cl2F14N4O2. The summed E-state index contributed by atoms with van der Waals surface area (Å²) >= 11 is 11.8. The number of hydrogen-bond donors (Lipinski definition) is 3. The maximum Gasteiger partial charge on any atom is 0.416 e. The number of ether oxygens (including phenoxy) is 1. The predicted octanol–water partition coefficient (Wildman–Crippen LogP) is 12.2. The van der Waals surface area contributed by atoms with Crippen LogP contribution in [0.1, 0.15) is 44.8 Å². The first-order chi connectivity index (χ1) is 31.6. The van der Waals surface area contributed by atoms with E-state index in [1.807, 2.05) is 6.07 Å². The summed E-state index contributed by atoms with van der Waals surface area (Å²) in [6, 6.07) is 26.9. The zero-order valence-electron chi connectivity index (χ0n) is 34.6. The average Bonchev–Trinajstić information content (AvgIpc) is 4.13. The molecule has 1 fully saturated rings. The second-order valence-corrected chi connectivity index (χ2v) is 16.1. The van der Waals surface area contributed by atoms with Crippen LogP contribution in [0.3, 0.4) is 0 Å². The van der Waals surface area contributed by atoms with Gasteiger partial charge in [0.2, 0.25) is 0 Å². The Hall–Kier alpha value is -5.38. The van der Waals surface area contributed by atoms with Crippen LogP contribution in [-0.4, -0.2) is 52.8 Å². The van der Waals surface area contributed by atoms with E-state index in [9.17, 15) is 66.6 Å². The number of benzene rings is 4. The van der Waals surface area contributed by atoms with Gasteiger partial charge in [-0.1, -0.05) is 83.9 Å². The second-order valence-electron chi connectivity index (χ2n) is 15.2. The number of alkyl halides is 12. The van der Waals surface area contributed by atoms with Crippen LogP contribution in [0, 0.1) is 11.6 Å². The third-order valence-electron chi connectivity index (χ3n) is 10.1. The molecule has 0 aliphatic carbocycles. The van der Waals surface area contributed by atoms with Gasteiger partial charge in [-0.3, -0.25) is 15.3 Å². The Morgan fingerprint density at radius 2 is 1.03 bits per heavy atom. The number of aliphatic hydroxyl groups is 1. The number of aliphatic hydroxyl groups excluding tert-OH is 1. The van der Waals surface area contributed by atoms with Gasteiger partial charge in [-0.05, 0) is 82.9 Å². The third-order valence-corrected chi connectivity index (χ3v) is 10.6. The minimum atomic E-state index is -5.00. The summed E-state index contributed by atoms with van der Waals surface area (Å²) < 4.78 is 185. The van der Waals surface area contributed by atoms with Crippen LogP contribution in [-0.2, 0) is 41.0 Å². The zero-order chi connectivity index (χ0) is 50.3. The first-order valence-corrected chi connectivity index (χ1v) is 20.4. The van der Waals surface area contributed by atoms with Gasteiger partial charge in [0.15, 0.2) is 12.2 Å². The molecule has 1 aliphatic heterocycles. The van der Waals surface area contributed by atoms with Gasteiger partial charge in [-0.25, -0.2) is 8.78 Å². The number of rotatable bonds is 11. The van der Waals surface area contributed by atoms with Gasteiger partial charge < -0.3 is 15.6 Å². The van der Waals surface area contributed by atoms with E-state index in [1.165, 1.54) is 30.6 Å². The molecule has 0 spiro atoms. The summed E-state index contributed by atoms with van der Waals surface area (Å²) in [6.07, 6.45) is -20.6. The first-order valence-electron chi connectivity index (χ1n) is 19.7. The van der Waals surface area contributed by atoms with Gasteiger partial charge >= 0.3 is 24.7 Å². The SMILES string of the molecule is FC(F)(F)[C@@H]1CO1.N[C@@](Cc1ccccc1)(c1cc(F)cc(C(F)(F)F)c1)c1ccc(Cl)cn1.O[C@H](CN[C@@](Cc1ccccc1)(c1cc(F)cc(C(F)(F)F)c1)c1ccc(Cl)cn1)C(F)(F)F. The molecule has 68 heavy (non-hydrogen) atoms. The molecule has 0 unspecified atom stereocenters. The lowest BCUT2D eigenvalue weighted by Crippen LogP contribution is -2.51. The van der Waals surface area contributed by atoms with Crippen molar-refractivity contribution in [3.8, 4) is 0 Å². The summed E-state index contributed by atoms with van der Waals surface area (Å²) in [5.41, 5.74) is 1.97. The smallest absolute Gasteiger partial charge is 0.382 e. The quantitative estimate of drug-likeness (QED) is 0.0884. The zero-order valence-corrected chi connectivity index (χ0v) is 36.1. The topological polar surface area (TPSA) is 96.6 Å². The highest BCUT2D eigenvalue weighted by molar-refractivity contribution is 6.30. The van der Waals surface area contributed by atoms with Crippen LogP contribution >= 0.6 is 23.2 Å². The van der Waals surface area contributed by atoms with Crippen LogP contribution in [0.5, 0.6) is 0 Å². The van der Waals surface area contributed by atoms with Crippen molar-refractivity contribution in [3.63, 3.8) is 0 Å². The molecule has 2 aromatic heterocycles. The summed E-state index contributed by atoms with van der Waals surface area (Å²) in [6.45, 7) is -1.25. The molecule has 4 aromatic carbocycles. The monoisotopic (exact) mass is 1010 g/mol. The van der Waals surface area contributed by atoms with Crippen LogP contribution in [0.15, 0.2) is 134 Å². The molecule has 0 saturated carbocycles. The fraction of sp³-hybridized carbons (Fsp3) is 0.261. The van der Waals surface area contributed by atoms with E-state index in [1.54, 1.807) is 60.7 Å². The standard InChI is InChI=1S/C23H18ClF7N2O.C20H15ClF4N2.C3H3F3O/c24-17-6-7-19(32-12-17)21(11-14-4-2-1-3-5-14,33-13-20(34)23(29,30)31)15-8-16(22(26,27)28)10-18(25)9-15;21-16-6-7-18(27-12-16)19(26,11-13-4-2-1-3-5-13)14-8-15(20(23,24)25)10-17(22)9-14;4-3(5,6)2-1-7-2/h1-10,12,20,33-34H,11,13H2;1-10,12H,11,26H2;2H,1H2/t20-,21+;19-;2-/m100/s1. The molecule has 22 heteroatoms. The molecule has 7 rings (SSSR count). The molecule has 364 valence electrons. The number of nitrogens with zero attached hydrogens (tertiary/aromatic N) is 2. The molecular weight excluding hydrogens is 977 g/mol. The number of nitrogens with one attached hydrogen (secondary N) is 1. The third kappa shape index (κ3) is 14.6. The normalized spacial score (nSPS) is 16.2. The first kappa shape index (κ1) is 53.6. The highest BCUT2D eigenvalue weighted by atomic mass is 35.5. The van der Waals surface area contributed by atoms with Crippen molar-refractivity contribution in [3.05, 3.63) is 200 Å². The molecule has 0 amide bonds.